The molecule has 0 amide bonds. The minimum absolute atomic E-state index is 0.0267. The molecule has 0 atom stereocenters. The Labute approximate surface area is 152 Å². The molecule has 0 aliphatic rings. The van der Waals surface area contributed by atoms with Crippen molar-refractivity contribution in [3.63, 3.8) is 0 Å². The molecule has 1 heterocycles. The fourth-order valence-corrected chi connectivity index (χ4v) is 3.13. The molecule has 2 aromatic carbocycles. The highest BCUT2D eigenvalue weighted by Gasteiger charge is 2.20. The molecule has 0 fully saturated rings. The fraction of sp³-hybridized carbons (Fsp3) is 0.333. The number of fused-ring (bicyclic) bond motifs is 1. The van der Waals surface area contributed by atoms with Crippen LogP contribution in [0.3, 0.4) is 0 Å². The van der Waals surface area contributed by atoms with Crippen LogP contribution in [0.25, 0.3) is 22.3 Å². The van der Waals surface area contributed by atoms with E-state index in [1.54, 1.807) is 13.2 Å². The van der Waals surface area contributed by atoms with Crippen LogP contribution in [-0.4, -0.2) is 28.8 Å². The van der Waals surface area contributed by atoms with Gasteiger partial charge in [0.1, 0.15) is 11.4 Å². The van der Waals surface area contributed by atoms with E-state index in [0.29, 0.717) is 22.5 Å². The van der Waals surface area contributed by atoms with E-state index < -0.39 is 0 Å². The summed E-state index contributed by atoms with van der Waals surface area (Å²) >= 11 is 0. The Morgan fingerprint density at radius 2 is 1.88 bits per heavy atom. The summed E-state index contributed by atoms with van der Waals surface area (Å²) in [6, 6.07) is 13.4. The molecule has 0 spiro atoms. The summed E-state index contributed by atoms with van der Waals surface area (Å²) < 4.78 is 5.18. The highest BCUT2D eigenvalue weighted by atomic mass is 16.5. The Bertz CT molecular complexity index is 959. The lowest BCUT2D eigenvalue weighted by molar-refractivity contribution is 0.268. The molecule has 3 rings (SSSR count). The van der Waals surface area contributed by atoms with Crippen molar-refractivity contribution in [1.82, 2.24) is 9.97 Å². The van der Waals surface area contributed by atoms with E-state index in [4.69, 9.17) is 9.84 Å². The van der Waals surface area contributed by atoms with Crippen molar-refractivity contribution in [1.29, 1.82) is 0 Å². The zero-order valence-electron chi connectivity index (χ0n) is 15.4. The van der Waals surface area contributed by atoms with Gasteiger partial charge in [-0.2, -0.15) is 0 Å². The van der Waals surface area contributed by atoms with E-state index in [2.05, 4.69) is 23.8 Å². The normalized spacial score (nSPS) is 11.7. The summed E-state index contributed by atoms with van der Waals surface area (Å²) in [7, 11) is 1.59. The molecule has 0 saturated heterocycles. The van der Waals surface area contributed by atoms with Gasteiger partial charge in [-0.25, -0.2) is 4.98 Å². The molecular weight excluding hydrogens is 328 g/mol. The predicted molar refractivity (Wildman–Crippen MR) is 104 cm³/mol. The molecule has 0 unspecified atom stereocenters. The largest absolute Gasteiger partial charge is 0.497 e. The number of methoxy groups -OCH3 is 1. The van der Waals surface area contributed by atoms with Crippen molar-refractivity contribution in [3.8, 4) is 17.0 Å². The third-order valence-corrected chi connectivity index (χ3v) is 4.80. The first-order valence-electron chi connectivity index (χ1n) is 8.74. The lowest BCUT2D eigenvalue weighted by Gasteiger charge is -2.25. The molecule has 26 heavy (non-hydrogen) atoms. The number of aromatic amines is 1. The lowest BCUT2D eigenvalue weighted by atomic mass is 9.80. The number of aromatic nitrogens is 2. The summed E-state index contributed by atoms with van der Waals surface area (Å²) in [6.45, 7) is 4.51. The van der Waals surface area contributed by atoms with E-state index in [0.717, 1.165) is 18.4 Å². The topological polar surface area (TPSA) is 75.2 Å². The standard InChI is InChI=1S/C21H24N2O3/c1-21(2,11-4-12-24)15-7-5-14(6-8-15)19-20(25)23-18-13-16(26-3)9-10-17(18)22-19/h5-10,13,24H,4,11-12H2,1-3H3,(H,23,25). The van der Waals surface area contributed by atoms with Gasteiger partial charge >= 0.3 is 0 Å². The maximum absolute atomic E-state index is 12.5. The van der Waals surface area contributed by atoms with Crippen molar-refractivity contribution >= 4 is 11.0 Å². The van der Waals surface area contributed by atoms with E-state index in [-0.39, 0.29) is 17.6 Å². The molecule has 1 aromatic heterocycles. The number of benzene rings is 2. The van der Waals surface area contributed by atoms with Crippen LogP contribution in [0, 0.1) is 0 Å². The van der Waals surface area contributed by atoms with Gasteiger partial charge in [-0.1, -0.05) is 38.1 Å². The lowest BCUT2D eigenvalue weighted by Crippen LogP contribution is -2.17. The second-order valence-corrected chi connectivity index (χ2v) is 7.09. The van der Waals surface area contributed by atoms with Gasteiger partial charge in [0.05, 0.1) is 18.1 Å². The Morgan fingerprint density at radius 1 is 1.15 bits per heavy atom. The van der Waals surface area contributed by atoms with Crippen LogP contribution in [0.4, 0.5) is 0 Å². The number of hydrogen-bond donors (Lipinski definition) is 2. The third kappa shape index (κ3) is 3.63. The fourth-order valence-electron chi connectivity index (χ4n) is 3.13. The summed E-state index contributed by atoms with van der Waals surface area (Å²) in [5.41, 5.74) is 3.48. The molecular formula is C21H24N2O3. The summed E-state index contributed by atoms with van der Waals surface area (Å²) in [5.74, 6) is 0.678. The van der Waals surface area contributed by atoms with E-state index in [1.807, 2.05) is 36.4 Å². The number of nitrogens with zero attached hydrogens (tertiary/aromatic N) is 1. The van der Waals surface area contributed by atoms with Gasteiger partial charge in [0.25, 0.3) is 5.56 Å². The Balaban J connectivity index is 1.96. The Hall–Kier alpha value is -2.66. The van der Waals surface area contributed by atoms with Crippen molar-refractivity contribution < 1.29 is 9.84 Å². The average molecular weight is 352 g/mol. The second-order valence-electron chi connectivity index (χ2n) is 7.09. The summed E-state index contributed by atoms with van der Waals surface area (Å²) in [5, 5.41) is 9.06. The number of H-pyrrole nitrogens is 1. The minimum Gasteiger partial charge on any atom is -0.497 e. The molecule has 5 heteroatoms. The SMILES string of the molecule is COc1ccc2nc(-c3ccc(C(C)(C)CCCO)cc3)c(=O)[nH]c2c1. The van der Waals surface area contributed by atoms with Gasteiger partial charge in [-0.05, 0) is 36.0 Å². The van der Waals surface area contributed by atoms with Crippen molar-refractivity contribution in [3.05, 3.63) is 58.4 Å². The first kappa shape index (κ1) is 18.1. The van der Waals surface area contributed by atoms with Crippen LogP contribution in [-0.2, 0) is 5.41 Å². The zero-order chi connectivity index (χ0) is 18.7. The molecule has 5 nitrogen and oxygen atoms in total. The zero-order valence-corrected chi connectivity index (χ0v) is 15.4. The number of rotatable bonds is 6. The predicted octanol–water partition coefficient (Wildman–Crippen LogP) is 3.65. The molecule has 0 radical (unpaired) electrons. The van der Waals surface area contributed by atoms with Gasteiger partial charge in [0, 0.05) is 18.2 Å². The average Bonchev–Trinajstić information content (AvgIpc) is 2.65. The van der Waals surface area contributed by atoms with Crippen LogP contribution < -0.4 is 10.3 Å². The second kappa shape index (κ2) is 7.30. The highest BCUT2D eigenvalue weighted by Crippen LogP contribution is 2.29. The van der Waals surface area contributed by atoms with Gasteiger partial charge in [-0.15, -0.1) is 0 Å². The van der Waals surface area contributed by atoms with Gasteiger partial charge < -0.3 is 14.8 Å². The number of nitrogens with one attached hydrogen (secondary N) is 1. The summed E-state index contributed by atoms with van der Waals surface area (Å²) in [6.07, 6.45) is 1.67. The summed E-state index contributed by atoms with van der Waals surface area (Å²) in [4.78, 5) is 19.9. The van der Waals surface area contributed by atoms with Crippen molar-refractivity contribution in [2.24, 2.45) is 0 Å². The van der Waals surface area contributed by atoms with Crippen LogP contribution in [0.15, 0.2) is 47.3 Å². The Morgan fingerprint density at radius 3 is 2.54 bits per heavy atom. The maximum Gasteiger partial charge on any atom is 0.274 e. The number of hydrogen-bond acceptors (Lipinski definition) is 4. The van der Waals surface area contributed by atoms with E-state index >= 15 is 0 Å². The third-order valence-electron chi connectivity index (χ3n) is 4.80. The molecule has 0 saturated carbocycles. The molecule has 136 valence electrons. The van der Waals surface area contributed by atoms with Crippen LogP contribution in [0.2, 0.25) is 0 Å². The minimum atomic E-state index is -0.224. The Kier molecular flexibility index (Phi) is 5.09. The molecule has 0 aliphatic heterocycles. The maximum atomic E-state index is 12.5. The quantitative estimate of drug-likeness (QED) is 0.710. The molecule has 2 N–H and O–H groups in total. The van der Waals surface area contributed by atoms with Crippen LogP contribution in [0.5, 0.6) is 5.75 Å². The first-order chi connectivity index (χ1) is 12.4. The van der Waals surface area contributed by atoms with Gasteiger partial charge in [0.15, 0.2) is 0 Å². The van der Waals surface area contributed by atoms with Crippen molar-refractivity contribution in [2.45, 2.75) is 32.1 Å². The number of aliphatic hydroxyl groups is 1. The van der Waals surface area contributed by atoms with Crippen LogP contribution in [0.1, 0.15) is 32.3 Å². The van der Waals surface area contributed by atoms with Gasteiger partial charge in [-0.3, -0.25) is 4.79 Å². The number of ether oxygens (including phenoxy) is 1. The first-order valence-corrected chi connectivity index (χ1v) is 8.74. The molecule has 0 bridgehead atoms. The smallest absolute Gasteiger partial charge is 0.274 e. The van der Waals surface area contributed by atoms with Crippen LogP contribution >= 0.6 is 0 Å². The molecule has 3 aromatic rings. The van der Waals surface area contributed by atoms with E-state index in [1.165, 1.54) is 5.56 Å². The monoisotopic (exact) mass is 352 g/mol. The molecule has 0 aliphatic carbocycles. The van der Waals surface area contributed by atoms with Crippen molar-refractivity contribution in [2.75, 3.05) is 13.7 Å². The number of aliphatic hydroxyl groups excluding tert-OH is 1. The van der Waals surface area contributed by atoms with E-state index in [9.17, 15) is 4.79 Å². The van der Waals surface area contributed by atoms with Gasteiger partial charge in [0.2, 0.25) is 0 Å². The highest BCUT2D eigenvalue weighted by molar-refractivity contribution is 5.78.